The van der Waals surface area contributed by atoms with Gasteiger partial charge in [-0.25, -0.2) is 13.9 Å². The van der Waals surface area contributed by atoms with Crippen LogP contribution in [0.1, 0.15) is 129 Å². The average molecular weight is 551 g/mol. The highest BCUT2D eigenvalue weighted by Crippen LogP contribution is 2.16. The second kappa shape index (κ2) is 23.2. The third kappa shape index (κ3) is 16.6. The Bertz CT molecular complexity index is 892. The number of aryl methyl sites for hydroxylation is 2. The number of hydrogen-bond donors (Lipinski definition) is 0. The Morgan fingerprint density at radius 3 is 1.32 bits per heavy atom. The number of unbranched alkanes of at least 4 members (excludes halogenated alkanes) is 17. The molecule has 4 heteroatoms. The summed E-state index contributed by atoms with van der Waals surface area (Å²) in [5.41, 5.74) is 2.59. The molecule has 0 saturated carbocycles. The van der Waals surface area contributed by atoms with Crippen LogP contribution in [0.15, 0.2) is 61.7 Å². The van der Waals surface area contributed by atoms with E-state index >= 15 is 0 Å². The molecule has 2 aromatic heterocycles. The molecule has 0 aliphatic rings. The van der Waals surface area contributed by atoms with Gasteiger partial charge in [-0.05, 0) is 30.4 Å². The predicted molar refractivity (Wildman–Crippen MR) is 167 cm³/mol. The molecular formula is C36H58N2O2+2. The lowest BCUT2D eigenvalue weighted by Gasteiger charge is -2.04. The van der Waals surface area contributed by atoms with Crippen molar-refractivity contribution in [2.75, 3.05) is 6.61 Å². The van der Waals surface area contributed by atoms with Crippen molar-refractivity contribution >= 4 is 5.97 Å². The summed E-state index contributed by atoms with van der Waals surface area (Å²) in [5, 5.41) is 0. The molecule has 0 atom stereocenters. The molecule has 0 spiro atoms. The first-order valence-corrected chi connectivity index (χ1v) is 16.5. The Morgan fingerprint density at radius 2 is 0.950 bits per heavy atom. The Kier molecular flexibility index (Phi) is 19.6. The minimum absolute atomic E-state index is 0.312. The molecule has 0 aliphatic heterocycles. The van der Waals surface area contributed by atoms with E-state index in [1.807, 2.05) is 0 Å². The monoisotopic (exact) mass is 550 g/mol. The van der Waals surface area contributed by atoms with Crippen LogP contribution in [0.4, 0.5) is 0 Å². The second-order valence-corrected chi connectivity index (χ2v) is 11.4. The Balaban J connectivity index is 1.48. The van der Waals surface area contributed by atoms with Crippen LogP contribution in [0.3, 0.4) is 0 Å². The van der Waals surface area contributed by atoms with E-state index in [0.29, 0.717) is 6.61 Å². The zero-order valence-electron chi connectivity index (χ0n) is 25.7. The molecule has 4 nitrogen and oxygen atoms in total. The summed E-state index contributed by atoms with van der Waals surface area (Å²) in [4.78, 5) is 11.0. The summed E-state index contributed by atoms with van der Waals surface area (Å²) in [7, 11) is 0. The maximum Gasteiger partial charge on any atom is 0.330 e. The summed E-state index contributed by atoms with van der Waals surface area (Å²) in [5.74, 6) is -0.312. The van der Waals surface area contributed by atoms with Gasteiger partial charge in [0.15, 0.2) is 24.8 Å². The number of nitrogens with zero attached hydrogens (tertiary/aromatic N) is 2. The highest BCUT2D eigenvalue weighted by molar-refractivity contribution is 5.81. The molecule has 0 aliphatic carbocycles. The van der Waals surface area contributed by atoms with Crippen LogP contribution >= 0.6 is 0 Å². The summed E-state index contributed by atoms with van der Waals surface area (Å²) >= 11 is 0. The summed E-state index contributed by atoms with van der Waals surface area (Å²) < 4.78 is 9.66. The number of carbonyl (C=O) groups is 1. The highest BCUT2D eigenvalue weighted by atomic mass is 16.5. The molecule has 0 fully saturated rings. The molecule has 0 bridgehead atoms. The van der Waals surface area contributed by atoms with Crippen molar-refractivity contribution in [2.24, 2.45) is 0 Å². The third-order valence-corrected chi connectivity index (χ3v) is 7.86. The van der Waals surface area contributed by atoms with E-state index in [4.69, 9.17) is 4.74 Å². The van der Waals surface area contributed by atoms with E-state index in [2.05, 4.69) is 71.7 Å². The van der Waals surface area contributed by atoms with Gasteiger partial charge in [0.2, 0.25) is 0 Å². The Labute approximate surface area is 245 Å². The van der Waals surface area contributed by atoms with Crippen LogP contribution < -0.4 is 9.13 Å². The quantitative estimate of drug-likeness (QED) is 0.0535. The zero-order chi connectivity index (χ0) is 28.5. The van der Waals surface area contributed by atoms with Crippen molar-refractivity contribution in [3.8, 4) is 11.1 Å². The molecule has 2 rings (SSSR count). The standard InChI is InChI=1S/C36H58N2O2/c1-3-5-6-7-8-9-11-14-17-20-27-37-29-23-34(24-30-37)35-25-31-38(32-26-35)28-21-18-15-12-10-13-16-19-22-33-40-36(39)4-2/h4,23-26,29-32H,2-3,5-22,27-28,33H2,1H3/q+2. The van der Waals surface area contributed by atoms with Gasteiger partial charge in [-0.15, -0.1) is 0 Å². The van der Waals surface area contributed by atoms with E-state index in [-0.39, 0.29) is 5.97 Å². The minimum Gasteiger partial charge on any atom is -0.463 e. The van der Waals surface area contributed by atoms with Gasteiger partial charge in [-0.3, -0.25) is 0 Å². The van der Waals surface area contributed by atoms with Crippen molar-refractivity contribution in [1.29, 1.82) is 0 Å². The van der Waals surface area contributed by atoms with Crippen LogP contribution in [0.5, 0.6) is 0 Å². The van der Waals surface area contributed by atoms with Gasteiger partial charge in [0.25, 0.3) is 0 Å². The molecule has 0 amide bonds. The number of esters is 1. The lowest BCUT2D eigenvalue weighted by atomic mass is 10.1. The van der Waals surface area contributed by atoms with Gasteiger partial charge in [0, 0.05) is 43.2 Å². The first-order chi connectivity index (χ1) is 19.7. The number of rotatable bonds is 25. The van der Waals surface area contributed by atoms with Crippen molar-refractivity contribution in [2.45, 2.75) is 142 Å². The molecule has 0 radical (unpaired) electrons. The Hall–Kier alpha value is -2.49. The molecule has 222 valence electrons. The fourth-order valence-electron chi connectivity index (χ4n) is 5.25. The van der Waals surface area contributed by atoms with Crippen LogP contribution in [-0.4, -0.2) is 12.6 Å². The summed E-state index contributed by atoms with van der Waals surface area (Å²) in [6.07, 6.45) is 35.1. The third-order valence-electron chi connectivity index (χ3n) is 7.86. The van der Waals surface area contributed by atoms with Crippen molar-refractivity contribution in [3.05, 3.63) is 61.7 Å². The fraction of sp³-hybridized carbons (Fsp3) is 0.639. The van der Waals surface area contributed by atoms with Crippen LogP contribution in [0.25, 0.3) is 11.1 Å². The van der Waals surface area contributed by atoms with Gasteiger partial charge < -0.3 is 4.74 Å². The first-order valence-electron chi connectivity index (χ1n) is 16.5. The van der Waals surface area contributed by atoms with Crippen molar-refractivity contribution in [1.82, 2.24) is 0 Å². The SMILES string of the molecule is C=CC(=O)OCCCCCCCCCCC[n+]1ccc(-c2cc[n+](CCCCCCCCCCCC)cc2)cc1. The normalized spacial score (nSPS) is 11.0. The van der Waals surface area contributed by atoms with E-state index in [1.165, 1.54) is 126 Å². The van der Waals surface area contributed by atoms with Crippen LogP contribution in [0, 0.1) is 0 Å². The van der Waals surface area contributed by atoms with E-state index in [1.54, 1.807) is 0 Å². The lowest BCUT2D eigenvalue weighted by Crippen LogP contribution is -2.33. The van der Waals surface area contributed by atoms with E-state index in [9.17, 15) is 4.79 Å². The number of carbonyl (C=O) groups excluding carboxylic acids is 1. The van der Waals surface area contributed by atoms with Crippen LogP contribution in [0.2, 0.25) is 0 Å². The number of ether oxygens (including phenoxy) is 1. The highest BCUT2D eigenvalue weighted by Gasteiger charge is 2.06. The van der Waals surface area contributed by atoms with E-state index in [0.717, 1.165) is 25.9 Å². The Morgan fingerprint density at radius 1 is 0.600 bits per heavy atom. The molecule has 0 aromatic carbocycles. The second-order valence-electron chi connectivity index (χ2n) is 11.4. The van der Waals surface area contributed by atoms with Crippen molar-refractivity contribution < 1.29 is 18.7 Å². The molecule has 40 heavy (non-hydrogen) atoms. The molecule has 0 N–H and O–H groups in total. The number of hydrogen-bond acceptors (Lipinski definition) is 2. The molecule has 0 saturated heterocycles. The predicted octanol–water partition coefficient (Wildman–Crippen LogP) is 9.09. The lowest BCUT2D eigenvalue weighted by molar-refractivity contribution is -0.697. The molecule has 0 unspecified atom stereocenters. The maximum atomic E-state index is 11.0. The maximum absolute atomic E-state index is 11.0. The summed E-state index contributed by atoms with van der Waals surface area (Å²) in [6.45, 7) is 8.44. The van der Waals surface area contributed by atoms with E-state index < -0.39 is 0 Å². The molecule has 2 aromatic rings. The van der Waals surface area contributed by atoms with Crippen molar-refractivity contribution in [3.63, 3.8) is 0 Å². The minimum atomic E-state index is -0.312. The van der Waals surface area contributed by atoms with Gasteiger partial charge in [0.05, 0.1) is 6.61 Å². The van der Waals surface area contributed by atoms with Gasteiger partial charge in [-0.1, -0.05) is 103 Å². The zero-order valence-corrected chi connectivity index (χ0v) is 25.7. The van der Waals surface area contributed by atoms with Gasteiger partial charge >= 0.3 is 5.97 Å². The number of pyridine rings is 2. The first kappa shape index (κ1) is 33.7. The molecular weight excluding hydrogens is 492 g/mol. The fourth-order valence-corrected chi connectivity index (χ4v) is 5.25. The molecule has 2 heterocycles. The number of aromatic nitrogens is 2. The van der Waals surface area contributed by atoms with Crippen LogP contribution in [-0.2, 0) is 22.6 Å². The smallest absolute Gasteiger partial charge is 0.330 e. The van der Waals surface area contributed by atoms with Gasteiger partial charge in [-0.2, -0.15) is 0 Å². The average Bonchev–Trinajstić information content (AvgIpc) is 2.99. The topological polar surface area (TPSA) is 34.1 Å². The largest absolute Gasteiger partial charge is 0.463 e. The summed E-state index contributed by atoms with van der Waals surface area (Å²) in [6, 6.07) is 9.02. The van der Waals surface area contributed by atoms with Gasteiger partial charge in [0.1, 0.15) is 13.1 Å².